The highest BCUT2D eigenvalue weighted by Crippen LogP contribution is 2.31. The van der Waals surface area contributed by atoms with Crippen molar-refractivity contribution < 1.29 is 4.74 Å². The van der Waals surface area contributed by atoms with Crippen LogP contribution in [0.15, 0.2) is 24.3 Å². The summed E-state index contributed by atoms with van der Waals surface area (Å²) in [6, 6.07) is 8.31. The first kappa shape index (κ1) is 12.2. The number of ether oxygens (including phenoxy) is 1. The summed E-state index contributed by atoms with van der Waals surface area (Å²) < 4.78 is 5.41. The number of nitrogens with zero attached hydrogens (tertiary/aromatic N) is 2. The summed E-state index contributed by atoms with van der Waals surface area (Å²) in [5.74, 6) is 0.895. The number of hydrogen-bond acceptors (Lipinski definition) is 4. The van der Waals surface area contributed by atoms with E-state index < -0.39 is 0 Å². The molecule has 0 radical (unpaired) electrons. The topological polar surface area (TPSA) is 37.4 Å². The van der Waals surface area contributed by atoms with Gasteiger partial charge in [-0.1, -0.05) is 6.07 Å². The van der Waals surface area contributed by atoms with Crippen molar-refractivity contribution in [2.45, 2.75) is 6.92 Å². The van der Waals surface area contributed by atoms with Gasteiger partial charge < -0.3 is 15.0 Å². The van der Waals surface area contributed by atoms with E-state index in [1.165, 1.54) is 5.69 Å². The van der Waals surface area contributed by atoms with Crippen LogP contribution in [0.2, 0.25) is 0 Å². The number of aromatic nitrogens is 1. The van der Waals surface area contributed by atoms with Crippen LogP contribution >= 0.6 is 0 Å². The molecule has 0 unspecified atom stereocenters. The van der Waals surface area contributed by atoms with Crippen LogP contribution in [-0.4, -0.2) is 38.3 Å². The Morgan fingerprint density at radius 1 is 1.21 bits per heavy atom. The quantitative estimate of drug-likeness (QED) is 0.892. The molecule has 1 N–H and O–H groups in total. The van der Waals surface area contributed by atoms with E-state index in [-0.39, 0.29) is 0 Å². The van der Waals surface area contributed by atoms with E-state index in [4.69, 9.17) is 9.72 Å². The van der Waals surface area contributed by atoms with Gasteiger partial charge in [0.2, 0.25) is 0 Å². The summed E-state index contributed by atoms with van der Waals surface area (Å²) in [5.41, 5.74) is 3.30. The third kappa shape index (κ3) is 2.36. The normalized spacial score (nSPS) is 15.8. The molecule has 100 valence electrons. The van der Waals surface area contributed by atoms with Crippen molar-refractivity contribution in [3.63, 3.8) is 0 Å². The van der Waals surface area contributed by atoms with Crippen LogP contribution < -0.4 is 15.0 Å². The molecule has 1 aromatic carbocycles. The molecule has 2 aromatic rings. The zero-order chi connectivity index (χ0) is 13.2. The molecule has 1 aliphatic heterocycles. The van der Waals surface area contributed by atoms with Gasteiger partial charge in [-0.3, -0.25) is 4.98 Å². The maximum absolute atomic E-state index is 5.41. The van der Waals surface area contributed by atoms with E-state index >= 15 is 0 Å². The molecule has 4 heteroatoms. The SMILES string of the molecule is COc1cc(N2CCNCC2)c2nc(C)ccc2c1. The second-order valence-electron chi connectivity index (χ2n) is 4.91. The molecule has 1 aliphatic rings. The summed E-state index contributed by atoms with van der Waals surface area (Å²) >= 11 is 0. The highest BCUT2D eigenvalue weighted by molar-refractivity contribution is 5.92. The number of piperazine rings is 1. The second-order valence-corrected chi connectivity index (χ2v) is 4.91. The van der Waals surface area contributed by atoms with Crippen LogP contribution in [0.3, 0.4) is 0 Å². The maximum Gasteiger partial charge on any atom is 0.121 e. The molecular formula is C15H19N3O. The van der Waals surface area contributed by atoms with Crippen LogP contribution in [0.4, 0.5) is 5.69 Å². The van der Waals surface area contributed by atoms with Crippen LogP contribution in [0, 0.1) is 6.92 Å². The first-order valence-electron chi connectivity index (χ1n) is 6.69. The molecular weight excluding hydrogens is 238 g/mol. The third-order valence-corrected chi connectivity index (χ3v) is 3.58. The van der Waals surface area contributed by atoms with Gasteiger partial charge in [0.05, 0.1) is 18.3 Å². The summed E-state index contributed by atoms with van der Waals surface area (Å²) in [4.78, 5) is 7.09. The van der Waals surface area contributed by atoms with Crippen molar-refractivity contribution in [2.24, 2.45) is 0 Å². The minimum absolute atomic E-state index is 0.895. The molecule has 0 spiro atoms. The van der Waals surface area contributed by atoms with Gasteiger partial charge in [0.1, 0.15) is 5.75 Å². The average Bonchev–Trinajstić information content (AvgIpc) is 2.47. The summed E-state index contributed by atoms with van der Waals surface area (Å²) in [6.45, 7) is 6.09. The monoisotopic (exact) mass is 257 g/mol. The van der Waals surface area contributed by atoms with Crippen molar-refractivity contribution >= 4 is 16.6 Å². The van der Waals surface area contributed by atoms with Gasteiger partial charge in [-0.05, 0) is 19.1 Å². The molecule has 1 aromatic heterocycles. The van der Waals surface area contributed by atoms with Crippen LogP contribution in [0.5, 0.6) is 5.75 Å². The number of methoxy groups -OCH3 is 1. The fourth-order valence-corrected chi connectivity index (χ4v) is 2.55. The number of nitrogens with one attached hydrogen (secondary N) is 1. The summed E-state index contributed by atoms with van der Waals surface area (Å²) in [5, 5.41) is 4.52. The van der Waals surface area contributed by atoms with Crippen LogP contribution in [0.1, 0.15) is 5.69 Å². The molecule has 0 aliphatic carbocycles. The molecule has 0 saturated carbocycles. The highest BCUT2D eigenvalue weighted by atomic mass is 16.5. The first-order valence-corrected chi connectivity index (χ1v) is 6.69. The standard InChI is InChI=1S/C15H19N3O/c1-11-3-4-12-9-13(19-2)10-14(15(12)17-11)18-7-5-16-6-8-18/h3-4,9-10,16H,5-8H2,1-2H3. The highest BCUT2D eigenvalue weighted by Gasteiger charge is 2.15. The van der Waals surface area contributed by atoms with Gasteiger partial charge in [-0.15, -0.1) is 0 Å². The Bertz CT molecular complexity index is 591. The van der Waals surface area contributed by atoms with E-state index in [2.05, 4.69) is 22.3 Å². The van der Waals surface area contributed by atoms with Gasteiger partial charge in [0.25, 0.3) is 0 Å². The Morgan fingerprint density at radius 3 is 2.74 bits per heavy atom. The molecule has 3 rings (SSSR count). The third-order valence-electron chi connectivity index (χ3n) is 3.58. The van der Waals surface area contributed by atoms with Crippen LogP contribution in [0.25, 0.3) is 10.9 Å². The Kier molecular flexibility index (Phi) is 3.25. The van der Waals surface area contributed by atoms with Gasteiger partial charge in [-0.2, -0.15) is 0 Å². The maximum atomic E-state index is 5.41. The van der Waals surface area contributed by atoms with Gasteiger partial charge in [-0.25, -0.2) is 0 Å². The fourth-order valence-electron chi connectivity index (χ4n) is 2.55. The minimum atomic E-state index is 0.895. The Morgan fingerprint density at radius 2 is 2.00 bits per heavy atom. The molecule has 0 bridgehead atoms. The van der Waals surface area contributed by atoms with Crippen molar-refractivity contribution in [1.82, 2.24) is 10.3 Å². The fraction of sp³-hybridized carbons (Fsp3) is 0.400. The number of hydrogen-bond donors (Lipinski definition) is 1. The lowest BCUT2D eigenvalue weighted by atomic mass is 10.1. The van der Waals surface area contributed by atoms with Gasteiger partial charge in [0, 0.05) is 43.3 Å². The van der Waals surface area contributed by atoms with Crippen LogP contribution in [-0.2, 0) is 0 Å². The summed E-state index contributed by atoms with van der Waals surface area (Å²) in [7, 11) is 1.71. The number of rotatable bonds is 2. The predicted molar refractivity (Wildman–Crippen MR) is 78.1 cm³/mol. The Labute approximate surface area is 113 Å². The molecule has 1 saturated heterocycles. The van der Waals surface area contributed by atoms with Crippen molar-refractivity contribution in [2.75, 3.05) is 38.2 Å². The lowest BCUT2D eigenvalue weighted by molar-refractivity contribution is 0.415. The Balaban J connectivity index is 2.15. The van der Waals surface area contributed by atoms with Gasteiger partial charge in [0.15, 0.2) is 0 Å². The average molecular weight is 257 g/mol. The first-order chi connectivity index (χ1) is 9.28. The molecule has 0 atom stereocenters. The zero-order valence-corrected chi connectivity index (χ0v) is 11.4. The number of benzene rings is 1. The zero-order valence-electron chi connectivity index (χ0n) is 11.4. The van der Waals surface area contributed by atoms with Crippen molar-refractivity contribution in [1.29, 1.82) is 0 Å². The molecule has 4 nitrogen and oxygen atoms in total. The lowest BCUT2D eigenvalue weighted by Gasteiger charge is -2.30. The van der Waals surface area contributed by atoms with Gasteiger partial charge >= 0.3 is 0 Å². The number of pyridine rings is 1. The molecule has 2 heterocycles. The number of anilines is 1. The smallest absolute Gasteiger partial charge is 0.121 e. The van der Waals surface area contributed by atoms with E-state index in [1.807, 2.05) is 19.1 Å². The van der Waals surface area contributed by atoms with E-state index in [9.17, 15) is 0 Å². The van der Waals surface area contributed by atoms with Crippen molar-refractivity contribution in [3.8, 4) is 5.75 Å². The second kappa shape index (κ2) is 5.05. The largest absolute Gasteiger partial charge is 0.497 e. The van der Waals surface area contributed by atoms with Crippen molar-refractivity contribution in [3.05, 3.63) is 30.0 Å². The summed E-state index contributed by atoms with van der Waals surface area (Å²) in [6.07, 6.45) is 0. The number of aryl methyl sites for hydroxylation is 1. The van der Waals surface area contributed by atoms with E-state index in [0.29, 0.717) is 0 Å². The van der Waals surface area contributed by atoms with E-state index in [1.54, 1.807) is 7.11 Å². The predicted octanol–water partition coefficient (Wildman–Crippen LogP) is 1.96. The lowest BCUT2D eigenvalue weighted by Crippen LogP contribution is -2.43. The Hall–Kier alpha value is -1.81. The molecule has 19 heavy (non-hydrogen) atoms. The number of fused-ring (bicyclic) bond motifs is 1. The molecule has 1 fully saturated rings. The molecule has 0 amide bonds. The minimum Gasteiger partial charge on any atom is -0.497 e. The van der Waals surface area contributed by atoms with E-state index in [0.717, 1.165) is 48.5 Å².